The van der Waals surface area contributed by atoms with Crippen molar-refractivity contribution in [1.29, 1.82) is 0 Å². The maximum atomic E-state index is 12.6. The highest BCUT2D eigenvalue weighted by atomic mass is 19.4. The third kappa shape index (κ3) is 3.03. The number of nitrogen functional groups attached to an aromatic ring is 1. The van der Waals surface area contributed by atoms with E-state index in [0.29, 0.717) is 11.7 Å². The van der Waals surface area contributed by atoms with E-state index in [1.54, 1.807) is 0 Å². The normalized spacial score (nSPS) is 11.2. The standard InChI is InChI=1S/C12H8F3N5O.C2H6/c13-12(14,15)6-1-2-7(8(21)5-6)10-19-18-9(16)11-17-3-4-20(10)11;1-2/h1-5,21H,(H2,16,18);1-2H3. The van der Waals surface area contributed by atoms with Crippen LogP contribution in [-0.2, 0) is 6.18 Å². The van der Waals surface area contributed by atoms with Gasteiger partial charge in [-0.15, -0.1) is 10.2 Å². The fourth-order valence-corrected chi connectivity index (χ4v) is 1.94. The van der Waals surface area contributed by atoms with E-state index in [1.165, 1.54) is 16.8 Å². The Morgan fingerprint density at radius 1 is 1.17 bits per heavy atom. The van der Waals surface area contributed by atoms with Gasteiger partial charge in [-0.1, -0.05) is 13.8 Å². The van der Waals surface area contributed by atoms with Crippen LogP contribution in [-0.4, -0.2) is 24.7 Å². The van der Waals surface area contributed by atoms with Crippen LogP contribution in [0.2, 0.25) is 0 Å². The molecule has 0 fully saturated rings. The van der Waals surface area contributed by atoms with Crippen LogP contribution in [0.5, 0.6) is 5.75 Å². The van der Waals surface area contributed by atoms with Crippen molar-refractivity contribution >= 4 is 11.5 Å². The van der Waals surface area contributed by atoms with Crippen molar-refractivity contribution in [3.8, 4) is 17.1 Å². The number of nitrogens with zero attached hydrogens (tertiary/aromatic N) is 4. The van der Waals surface area contributed by atoms with Gasteiger partial charge in [0.1, 0.15) is 5.75 Å². The number of aromatic hydroxyl groups is 1. The summed E-state index contributed by atoms with van der Waals surface area (Å²) in [5, 5.41) is 17.3. The van der Waals surface area contributed by atoms with Crippen LogP contribution in [0.3, 0.4) is 0 Å². The summed E-state index contributed by atoms with van der Waals surface area (Å²) in [6, 6.07) is 2.61. The lowest BCUT2D eigenvalue weighted by Gasteiger charge is -2.10. The summed E-state index contributed by atoms with van der Waals surface area (Å²) in [4.78, 5) is 3.96. The molecule has 0 atom stereocenters. The number of imidazole rings is 1. The number of nitrogens with two attached hydrogens (primary N) is 1. The maximum Gasteiger partial charge on any atom is 0.416 e. The van der Waals surface area contributed by atoms with Gasteiger partial charge < -0.3 is 10.8 Å². The first-order valence-electron chi connectivity index (χ1n) is 6.74. The molecule has 2 aromatic heterocycles. The molecule has 0 saturated heterocycles. The molecule has 0 unspecified atom stereocenters. The monoisotopic (exact) mass is 325 g/mol. The largest absolute Gasteiger partial charge is 0.507 e. The zero-order chi connectivity index (χ0) is 17.2. The van der Waals surface area contributed by atoms with Crippen LogP contribution in [0.25, 0.3) is 17.0 Å². The molecule has 0 aliphatic carbocycles. The van der Waals surface area contributed by atoms with E-state index in [0.717, 1.165) is 12.1 Å². The van der Waals surface area contributed by atoms with Gasteiger partial charge >= 0.3 is 6.18 Å². The molecule has 3 aromatic rings. The molecule has 0 aliphatic rings. The minimum Gasteiger partial charge on any atom is -0.507 e. The van der Waals surface area contributed by atoms with Crippen molar-refractivity contribution in [3.05, 3.63) is 36.2 Å². The first-order chi connectivity index (χ1) is 10.9. The molecule has 0 spiro atoms. The molecule has 23 heavy (non-hydrogen) atoms. The first-order valence-corrected chi connectivity index (χ1v) is 6.74. The van der Waals surface area contributed by atoms with Gasteiger partial charge in [-0.3, -0.25) is 4.40 Å². The molecule has 0 radical (unpaired) electrons. The summed E-state index contributed by atoms with van der Waals surface area (Å²) >= 11 is 0. The fraction of sp³-hybridized carbons (Fsp3) is 0.214. The molecule has 9 heteroatoms. The number of phenols is 1. The summed E-state index contributed by atoms with van der Waals surface area (Å²) in [6.07, 6.45) is -1.57. The summed E-state index contributed by atoms with van der Waals surface area (Å²) in [5.41, 5.74) is 5.05. The lowest BCUT2D eigenvalue weighted by Crippen LogP contribution is -2.06. The highest BCUT2D eigenvalue weighted by molar-refractivity contribution is 5.70. The van der Waals surface area contributed by atoms with E-state index in [4.69, 9.17) is 5.73 Å². The van der Waals surface area contributed by atoms with E-state index in [9.17, 15) is 18.3 Å². The van der Waals surface area contributed by atoms with E-state index < -0.39 is 17.5 Å². The van der Waals surface area contributed by atoms with Crippen molar-refractivity contribution in [2.24, 2.45) is 0 Å². The first kappa shape index (κ1) is 16.5. The van der Waals surface area contributed by atoms with Crippen LogP contribution < -0.4 is 5.73 Å². The topological polar surface area (TPSA) is 89.3 Å². The average Bonchev–Trinajstić information content (AvgIpc) is 3.00. The van der Waals surface area contributed by atoms with Crippen molar-refractivity contribution in [1.82, 2.24) is 19.6 Å². The number of rotatable bonds is 1. The highest BCUT2D eigenvalue weighted by Crippen LogP contribution is 2.36. The summed E-state index contributed by atoms with van der Waals surface area (Å²) in [7, 11) is 0. The number of anilines is 1. The SMILES string of the molecule is CC.Nc1nnc(-c2ccc(C(F)(F)F)cc2O)n2ccnc12. The predicted molar refractivity (Wildman–Crippen MR) is 78.6 cm³/mol. The van der Waals surface area contributed by atoms with Crippen molar-refractivity contribution in [2.45, 2.75) is 20.0 Å². The minimum absolute atomic E-state index is 0.0788. The Hall–Kier alpha value is -2.84. The van der Waals surface area contributed by atoms with Gasteiger partial charge in [0.15, 0.2) is 17.3 Å². The number of halogens is 3. The van der Waals surface area contributed by atoms with E-state index in [2.05, 4.69) is 15.2 Å². The van der Waals surface area contributed by atoms with Crippen LogP contribution in [0, 0.1) is 0 Å². The molecule has 0 amide bonds. The second-order valence-corrected chi connectivity index (χ2v) is 4.26. The zero-order valence-electron chi connectivity index (χ0n) is 12.3. The minimum atomic E-state index is -4.53. The third-order valence-corrected chi connectivity index (χ3v) is 2.92. The third-order valence-electron chi connectivity index (χ3n) is 2.92. The predicted octanol–water partition coefficient (Wildman–Crippen LogP) is 3.12. The molecular weight excluding hydrogens is 311 g/mol. The number of hydrogen-bond acceptors (Lipinski definition) is 5. The molecule has 122 valence electrons. The van der Waals surface area contributed by atoms with Gasteiger partial charge in [-0.25, -0.2) is 4.98 Å². The van der Waals surface area contributed by atoms with E-state index in [-0.39, 0.29) is 17.2 Å². The Morgan fingerprint density at radius 3 is 2.48 bits per heavy atom. The summed E-state index contributed by atoms with van der Waals surface area (Å²) in [6.45, 7) is 4.00. The van der Waals surface area contributed by atoms with E-state index in [1.807, 2.05) is 13.8 Å². The van der Waals surface area contributed by atoms with Crippen molar-refractivity contribution < 1.29 is 18.3 Å². The second-order valence-electron chi connectivity index (χ2n) is 4.26. The zero-order valence-corrected chi connectivity index (χ0v) is 12.3. The average molecular weight is 325 g/mol. The number of hydrogen-bond donors (Lipinski definition) is 2. The smallest absolute Gasteiger partial charge is 0.416 e. The van der Waals surface area contributed by atoms with Crippen LogP contribution >= 0.6 is 0 Å². The number of benzene rings is 1. The Bertz CT molecular complexity index is 829. The molecular formula is C14H14F3N5O. The molecule has 3 N–H and O–H groups in total. The molecule has 3 rings (SSSR count). The highest BCUT2D eigenvalue weighted by Gasteiger charge is 2.31. The number of alkyl halides is 3. The Labute approximate surface area is 129 Å². The Balaban J connectivity index is 0.000000924. The maximum absolute atomic E-state index is 12.6. The van der Waals surface area contributed by atoms with Gasteiger partial charge in [-0.05, 0) is 18.2 Å². The van der Waals surface area contributed by atoms with Crippen LogP contribution in [0.15, 0.2) is 30.6 Å². The molecule has 0 bridgehead atoms. The van der Waals surface area contributed by atoms with Gasteiger partial charge in [0.05, 0.1) is 11.1 Å². The Kier molecular flexibility index (Phi) is 4.39. The van der Waals surface area contributed by atoms with E-state index >= 15 is 0 Å². The molecule has 0 aliphatic heterocycles. The lowest BCUT2D eigenvalue weighted by atomic mass is 10.1. The molecule has 2 heterocycles. The second kappa shape index (κ2) is 6.11. The molecule has 1 aromatic carbocycles. The quantitative estimate of drug-likeness (QED) is 0.717. The van der Waals surface area contributed by atoms with Gasteiger partial charge in [0.25, 0.3) is 0 Å². The Morgan fingerprint density at radius 2 is 1.87 bits per heavy atom. The number of aromatic nitrogens is 4. The lowest BCUT2D eigenvalue weighted by molar-refractivity contribution is -0.137. The number of phenolic OH excluding ortho intramolecular Hbond substituents is 1. The fourth-order valence-electron chi connectivity index (χ4n) is 1.94. The van der Waals surface area contributed by atoms with Crippen molar-refractivity contribution in [2.75, 3.05) is 5.73 Å². The summed E-state index contributed by atoms with van der Waals surface area (Å²) < 4.78 is 39.2. The van der Waals surface area contributed by atoms with Crippen LogP contribution in [0.1, 0.15) is 19.4 Å². The van der Waals surface area contributed by atoms with Crippen molar-refractivity contribution in [3.63, 3.8) is 0 Å². The summed E-state index contributed by atoms with van der Waals surface area (Å²) in [5.74, 6) is -0.336. The van der Waals surface area contributed by atoms with Gasteiger partial charge in [0, 0.05) is 12.4 Å². The van der Waals surface area contributed by atoms with Crippen LogP contribution in [0.4, 0.5) is 19.0 Å². The molecule has 6 nitrogen and oxygen atoms in total. The van der Waals surface area contributed by atoms with Gasteiger partial charge in [-0.2, -0.15) is 13.2 Å². The molecule has 0 saturated carbocycles. The number of fused-ring (bicyclic) bond motifs is 1. The van der Waals surface area contributed by atoms with Gasteiger partial charge in [0.2, 0.25) is 0 Å².